The van der Waals surface area contributed by atoms with Crippen LogP contribution in [-0.2, 0) is 50.1 Å². The first-order valence-electron chi connectivity index (χ1n) is 14.8. The third-order valence-electron chi connectivity index (χ3n) is 7.52. The van der Waals surface area contributed by atoms with Crippen LogP contribution in [0.25, 0.3) is 0 Å². The van der Waals surface area contributed by atoms with E-state index in [2.05, 4.69) is 6.58 Å². The average molecular weight is 581 g/mol. The SMILES string of the molecule is C=CCO[C@H]1[C@H](O)[C@@H](OCc2ccccc2)[C@H](OCc2ccccc2)[C@@H](OCc2ccccc2)[C@H]1OCc1ccccc1. The van der Waals surface area contributed by atoms with Gasteiger partial charge in [-0.05, 0) is 22.3 Å². The lowest BCUT2D eigenvalue weighted by atomic mass is 9.83. The molecule has 0 aliphatic heterocycles. The van der Waals surface area contributed by atoms with Crippen molar-refractivity contribution in [3.63, 3.8) is 0 Å². The Morgan fingerprint density at radius 1 is 0.442 bits per heavy atom. The monoisotopic (exact) mass is 580 g/mol. The molecule has 0 saturated heterocycles. The van der Waals surface area contributed by atoms with Crippen LogP contribution < -0.4 is 0 Å². The molecular weight excluding hydrogens is 540 g/mol. The van der Waals surface area contributed by atoms with Crippen LogP contribution in [0, 0.1) is 0 Å². The highest BCUT2D eigenvalue weighted by atomic mass is 16.6. The van der Waals surface area contributed by atoms with E-state index in [1.807, 2.05) is 121 Å². The summed E-state index contributed by atoms with van der Waals surface area (Å²) in [7, 11) is 0. The number of aliphatic hydroxyl groups excluding tert-OH is 1. The molecule has 4 aromatic rings. The van der Waals surface area contributed by atoms with Crippen LogP contribution >= 0.6 is 0 Å². The molecule has 0 unspecified atom stereocenters. The largest absolute Gasteiger partial charge is 0.387 e. The summed E-state index contributed by atoms with van der Waals surface area (Å²) in [5.41, 5.74) is 4.02. The Hall–Kier alpha value is -3.62. The molecule has 1 fully saturated rings. The maximum Gasteiger partial charge on any atom is 0.116 e. The topological polar surface area (TPSA) is 66.4 Å². The molecule has 6 heteroatoms. The van der Waals surface area contributed by atoms with Gasteiger partial charge < -0.3 is 28.8 Å². The minimum absolute atomic E-state index is 0.235. The van der Waals surface area contributed by atoms with Gasteiger partial charge in [0.2, 0.25) is 0 Å². The van der Waals surface area contributed by atoms with Crippen LogP contribution in [0.15, 0.2) is 134 Å². The Bertz CT molecular complexity index is 1330. The molecule has 1 aliphatic carbocycles. The molecule has 224 valence electrons. The lowest BCUT2D eigenvalue weighted by Gasteiger charge is -2.48. The van der Waals surface area contributed by atoms with Gasteiger partial charge in [0, 0.05) is 0 Å². The Morgan fingerprint density at radius 3 is 1.05 bits per heavy atom. The number of rotatable bonds is 15. The number of hydrogen-bond donors (Lipinski definition) is 1. The molecule has 0 bridgehead atoms. The summed E-state index contributed by atoms with van der Waals surface area (Å²) in [6.45, 7) is 5.32. The first kappa shape index (κ1) is 30.8. The third kappa shape index (κ3) is 8.71. The molecule has 0 aromatic heterocycles. The Morgan fingerprint density at radius 2 is 0.721 bits per heavy atom. The van der Waals surface area contributed by atoms with Crippen LogP contribution in [0.2, 0.25) is 0 Å². The number of benzene rings is 4. The maximum atomic E-state index is 11.9. The predicted molar refractivity (Wildman–Crippen MR) is 166 cm³/mol. The van der Waals surface area contributed by atoms with Crippen LogP contribution in [0.1, 0.15) is 22.3 Å². The van der Waals surface area contributed by atoms with Crippen molar-refractivity contribution in [2.75, 3.05) is 6.61 Å². The van der Waals surface area contributed by atoms with Gasteiger partial charge in [0.05, 0.1) is 33.0 Å². The van der Waals surface area contributed by atoms with E-state index in [0.717, 1.165) is 22.3 Å². The predicted octanol–water partition coefficient (Wildman–Crippen LogP) is 6.27. The second kappa shape index (κ2) is 16.3. The fourth-order valence-corrected chi connectivity index (χ4v) is 5.34. The fourth-order valence-electron chi connectivity index (χ4n) is 5.34. The third-order valence-corrected chi connectivity index (χ3v) is 7.52. The maximum absolute atomic E-state index is 11.9. The van der Waals surface area contributed by atoms with Gasteiger partial charge >= 0.3 is 0 Å². The van der Waals surface area contributed by atoms with Gasteiger partial charge in [-0.15, -0.1) is 6.58 Å². The first-order valence-corrected chi connectivity index (χ1v) is 14.8. The standard InChI is InChI=1S/C37H40O6/c1-2-23-39-33-32(38)34(40-24-28-15-7-3-8-16-28)36(42-26-30-19-11-5-12-20-30)37(43-27-31-21-13-6-14-22-31)35(33)41-25-29-17-9-4-10-18-29/h2-22,32-38H,1,23-27H2/t32-,33-,34+,35-,36-,37-/m0/s1. The molecule has 6 nitrogen and oxygen atoms in total. The van der Waals surface area contributed by atoms with Crippen LogP contribution in [0.5, 0.6) is 0 Å². The van der Waals surface area contributed by atoms with E-state index in [4.69, 9.17) is 23.7 Å². The lowest BCUT2D eigenvalue weighted by molar-refractivity contribution is -0.280. The molecule has 43 heavy (non-hydrogen) atoms. The van der Waals surface area contributed by atoms with Gasteiger partial charge in [-0.25, -0.2) is 0 Å². The van der Waals surface area contributed by atoms with E-state index in [0.29, 0.717) is 26.4 Å². The summed E-state index contributed by atoms with van der Waals surface area (Å²) < 4.78 is 32.5. The van der Waals surface area contributed by atoms with Crippen molar-refractivity contribution in [1.29, 1.82) is 0 Å². The number of hydrogen-bond acceptors (Lipinski definition) is 6. The summed E-state index contributed by atoms with van der Waals surface area (Å²) in [5, 5.41) is 11.9. The summed E-state index contributed by atoms with van der Waals surface area (Å²) in [4.78, 5) is 0. The summed E-state index contributed by atoms with van der Waals surface area (Å²) in [5.74, 6) is 0. The molecule has 0 radical (unpaired) electrons. The minimum atomic E-state index is -1.05. The van der Waals surface area contributed by atoms with Gasteiger partial charge in [-0.3, -0.25) is 0 Å². The van der Waals surface area contributed by atoms with E-state index in [1.54, 1.807) is 6.08 Å². The average Bonchev–Trinajstić information content (AvgIpc) is 3.06. The zero-order chi connectivity index (χ0) is 29.7. The molecule has 4 aromatic carbocycles. The minimum Gasteiger partial charge on any atom is -0.387 e. The summed E-state index contributed by atoms with van der Waals surface area (Å²) in [6, 6.07) is 39.8. The zero-order valence-electron chi connectivity index (χ0n) is 24.3. The molecule has 0 amide bonds. The highest BCUT2D eigenvalue weighted by Crippen LogP contribution is 2.34. The van der Waals surface area contributed by atoms with Crippen LogP contribution in [0.4, 0.5) is 0 Å². The molecule has 0 heterocycles. The summed E-state index contributed by atoms with van der Waals surface area (Å²) >= 11 is 0. The Labute approximate surface area is 254 Å². The molecule has 1 saturated carbocycles. The van der Waals surface area contributed by atoms with Crippen LogP contribution in [0.3, 0.4) is 0 Å². The molecule has 6 atom stereocenters. The van der Waals surface area contributed by atoms with Crippen molar-refractivity contribution >= 4 is 0 Å². The van der Waals surface area contributed by atoms with Gasteiger partial charge in [0.1, 0.15) is 36.6 Å². The smallest absolute Gasteiger partial charge is 0.116 e. The van der Waals surface area contributed by atoms with E-state index in [-0.39, 0.29) is 6.61 Å². The normalized spacial score (nSPS) is 23.6. The molecule has 1 N–H and O–H groups in total. The van der Waals surface area contributed by atoms with Crippen molar-refractivity contribution in [3.8, 4) is 0 Å². The number of ether oxygens (including phenoxy) is 5. The summed E-state index contributed by atoms with van der Waals surface area (Å²) in [6.07, 6.45) is -2.83. The fraction of sp³-hybridized carbons (Fsp3) is 0.297. The van der Waals surface area contributed by atoms with E-state index in [1.165, 1.54) is 0 Å². The van der Waals surface area contributed by atoms with Gasteiger partial charge in [-0.1, -0.05) is 127 Å². The van der Waals surface area contributed by atoms with E-state index >= 15 is 0 Å². The van der Waals surface area contributed by atoms with Crippen molar-refractivity contribution < 1.29 is 28.8 Å². The van der Waals surface area contributed by atoms with Crippen molar-refractivity contribution in [2.45, 2.75) is 63.1 Å². The Kier molecular flexibility index (Phi) is 11.7. The molecular formula is C37H40O6. The van der Waals surface area contributed by atoms with Gasteiger partial charge in [-0.2, -0.15) is 0 Å². The van der Waals surface area contributed by atoms with E-state index < -0.39 is 36.6 Å². The molecule has 1 aliphatic rings. The van der Waals surface area contributed by atoms with Crippen LogP contribution in [-0.4, -0.2) is 48.3 Å². The molecule has 0 spiro atoms. The van der Waals surface area contributed by atoms with Crippen molar-refractivity contribution in [3.05, 3.63) is 156 Å². The van der Waals surface area contributed by atoms with Gasteiger partial charge in [0.25, 0.3) is 0 Å². The second-order valence-corrected chi connectivity index (χ2v) is 10.6. The highest BCUT2D eigenvalue weighted by molar-refractivity contribution is 5.17. The zero-order valence-corrected chi connectivity index (χ0v) is 24.3. The highest BCUT2D eigenvalue weighted by Gasteiger charge is 2.54. The van der Waals surface area contributed by atoms with Crippen molar-refractivity contribution in [1.82, 2.24) is 0 Å². The molecule has 5 rings (SSSR count). The quantitative estimate of drug-likeness (QED) is 0.167. The second-order valence-electron chi connectivity index (χ2n) is 10.6. The van der Waals surface area contributed by atoms with Gasteiger partial charge in [0.15, 0.2) is 0 Å². The first-order chi connectivity index (χ1) is 21.2. The Balaban J connectivity index is 1.48. The number of aliphatic hydroxyl groups is 1. The lowest BCUT2D eigenvalue weighted by Crippen LogP contribution is -2.66. The van der Waals surface area contributed by atoms with Crippen molar-refractivity contribution in [2.24, 2.45) is 0 Å². The van der Waals surface area contributed by atoms with E-state index in [9.17, 15) is 5.11 Å².